The highest BCUT2D eigenvalue weighted by atomic mass is 15.3. The lowest BCUT2D eigenvalue weighted by molar-refractivity contribution is 0.879. The molecular formula is C46H29N7. The van der Waals surface area contributed by atoms with Crippen LogP contribution in [0.15, 0.2) is 176 Å². The molecule has 0 spiro atoms. The molecule has 0 saturated carbocycles. The number of para-hydroxylation sites is 7. The van der Waals surface area contributed by atoms with E-state index in [1.165, 1.54) is 10.8 Å². The van der Waals surface area contributed by atoms with Crippen molar-refractivity contribution in [1.29, 1.82) is 0 Å². The predicted molar refractivity (Wildman–Crippen MR) is 214 cm³/mol. The zero-order valence-electron chi connectivity index (χ0n) is 28.4. The summed E-state index contributed by atoms with van der Waals surface area (Å²) < 4.78 is 6.55. The van der Waals surface area contributed by atoms with Crippen molar-refractivity contribution < 1.29 is 0 Å². The largest absolute Gasteiger partial charge is 0.309 e. The Bertz CT molecular complexity index is 3080. The van der Waals surface area contributed by atoms with Gasteiger partial charge >= 0.3 is 0 Å². The van der Waals surface area contributed by atoms with E-state index in [2.05, 4.69) is 153 Å². The number of aromatic nitrogens is 7. The van der Waals surface area contributed by atoms with Crippen molar-refractivity contribution in [1.82, 2.24) is 33.6 Å². The molecule has 7 nitrogen and oxygen atoms in total. The minimum Gasteiger partial charge on any atom is -0.309 e. The molecule has 248 valence electrons. The molecule has 4 heterocycles. The molecule has 0 bridgehead atoms. The SMILES string of the molecule is c1ccc(-c2nc3ccccc3n2-c2nc(-c3ccccc3-n3c4ccccc4c4ccccc43)nc(-n3c4ccccc4c4ccccc43)n2)cc1. The van der Waals surface area contributed by atoms with Crippen LogP contribution in [-0.2, 0) is 0 Å². The number of fused-ring (bicyclic) bond motifs is 7. The maximum Gasteiger partial charge on any atom is 0.241 e. The van der Waals surface area contributed by atoms with E-state index in [-0.39, 0.29) is 0 Å². The highest BCUT2D eigenvalue weighted by Crippen LogP contribution is 2.37. The van der Waals surface area contributed by atoms with Crippen LogP contribution in [0.1, 0.15) is 0 Å². The van der Waals surface area contributed by atoms with Crippen LogP contribution in [0.5, 0.6) is 0 Å². The van der Waals surface area contributed by atoms with Gasteiger partial charge in [-0.3, -0.25) is 9.13 Å². The second-order valence-electron chi connectivity index (χ2n) is 13.1. The van der Waals surface area contributed by atoms with Crippen LogP contribution in [0.2, 0.25) is 0 Å². The van der Waals surface area contributed by atoms with Gasteiger partial charge in [0.05, 0.1) is 38.8 Å². The van der Waals surface area contributed by atoms with E-state index in [0.29, 0.717) is 17.7 Å². The van der Waals surface area contributed by atoms with Crippen molar-refractivity contribution in [3.05, 3.63) is 176 Å². The molecule has 11 aromatic rings. The molecule has 0 saturated heterocycles. The van der Waals surface area contributed by atoms with E-state index in [1.54, 1.807) is 0 Å². The van der Waals surface area contributed by atoms with Gasteiger partial charge in [-0.05, 0) is 48.5 Å². The van der Waals surface area contributed by atoms with Crippen LogP contribution < -0.4 is 0 Å². The first-order chi connectivity index (χ1) is 26.3. The van der Waals surface area contributed by atoms with Crippen LogP contribution in [0, 0.1) is 0 Å². The number of rotatable bonds is 5. The van der Waals surface area contributed by atoms with Gasteiger partial charge < -0.3 is 4.57 Å². The first-order valence-corrected chi connectivity index (χ1v) is 17.7. The van der Waals surface area contributed by atoms with Gasteiger partial charge in [0.2, 0.25) is 11.9 Å². The summed E-state index contributed by atoms with van der Waals surface area (Å²) in [6, 6.07) is 60.8. The number of imidazole rings is 1. The fourth-order valence-corrected chi connectivity index (χ4v) is 7.86. The normalized spacial score (nSPS) is 11.8. The predicted octanol–water partition coefficient (Wildman–Crippen LogP) is 10.7. The molecule has 7 heteroatoms. The molecule has 0 amide bonds. The maximum atomic E-state index is 5.36. The van der Waals surface area contributed by atoms with Gasteiger partial charge in [0.15, 0.2) is 5.82 Å². The van der Waals surface area contributed by atoms with Crippen LogP contribution in [-0.4, -0.2) is 33.6 Å². The number of benzene rings is 7. The lowest BCUT2D eigenvalue weighted by atomic mass is 10.1. The summed E-state index contributed by atoms with van der Waals surface area (Å²) in [4.78, 5) is 21.2. The van der Waals surface area contributed by atoms with E-state index in [0.717, 1.165) is 66.5 Å². The summed E-state index contributed by atoms with van der Waals surface area (Å²) in [6.07, 6.45) is 0. The van der Waals surface area contributed by atoms with Crippen molar-refractivity contribution >= 4 is 54.6 Å². The van der Waals surface area contributed by atoms with Gasteiger partial charge in [-0.2, -0.15) is 15.0 Å². The van der Waals surface area contributed by atoms with Gasteiger partial charge in [0.1, 0.15) is 5.82 Å². The van der Waals surface area contributed by atoms with Crippen molar-refractivity contribution in [2.24, 2.45) is 0 Å². The molecule has 0 radical (unpaired) electrons. The summed E-state index contributed by atoms with van der Waals surface area (Å²) in [7, 11) is 0. The smallest absolute Gasteiger partial charge is 0.241 e. The van der Waals surface area contributed by atoms with Crippen molar-refractivity contribution in [2.45, 2.75) is 0 Å². The summed E-state index contributed by atoms with van der Waals surface area (Å²) in [5, 5.41) is 4.65. The standard InChI is InChI=1S/C46H29N7/c1-2-16-30(17-3-1)44-47-36-23-9-15-29-42(36)53(44)46-49-43(48-45(50-46)52-39-26-12-6-20-33(39)34-21-7-13-27-40(34)52)35-22-8-14-28-41(35)51-37-24-10-4-18-31(37)32-19-5-11-25-38(32)51/h1-29H. The van der Waals surface area contributed by atoms with Gasteiger partial charge in [0, 0.05) is 32.7 Å². The summed E-state index contributed by atoms with van der Waals surface area (Å²) >= 11 is 0. The topological polar surface area (TPSA) is 66.3 Å². The van der Waals surface area contributed by atoms with Crippen molar-refractivity contribution in [3.63, 3.8) is 0 Å². The average Bonchev–Trinajstić information content (AvgIpc) is 3.89. The summed E-state index contributed by atoms with van der Waals surface area (Å²) in [5.74, 6) is 2.32. The third kappa shape index (κ3) is 4.47. The third-order valence-corrected chi connectivity index (χ3v) is 10.2. The Labute approximate surface area is 303 Å². The molecule has 7 aromatic carbocycles. The number of hydrogen-bond acceptors (Lipinski definition) is 4. The fraction of sp³-hybridized carbons (Fsp3) is 0. The molecule has 0 unspecified atom stereocenters. The maximum absolute atomic E-state index is 5.36. The van der Waals surface area contributed by atoms with Crippen LogP contribution in [0.3, 0.4) is 0 Å². The van der Waals surface area contributed by atoms with Gasteiger partial charge in [0.25, 0.3) is 0 Å². The first-order valence-electron chi connectivity index (χ1n) is 17.7. The van der Waals surface area contributed by atoms with Crippen LogP contribution in [0.25, 0.3) is 95.0 Å². The quantitative estimate of drug-likeness (QED) is 0.182. The Morgan fingerprint density at radius 1 is 0.321 bits per heavy atom. The zero-order chi connectivity index (χ0) is 34.9. The van der Waals surface area contributed by atoms with Gasteiger partial charge in [-0.1, -0.05) is 127 Å². The monoisotopic (exact) mass is 679 g/mol. The van der Waals surface area contributed by atoms with Gasteiger partial charge in [-0.25, -0.2) is 4.98 Å². The van der Waals surface area contributed by atoms with E-state index >= 15 is 0 Å². The molecule has 0 aliphatic rings. The highest BCUT2D eigenvalue weighted by Gasteiger charge is 2.23. The van der Waals surface area contributed by atoms with E-state index in [9.17, 15) is 0 Å². The van der Waals surface area contributed by atoms with E-state index < -0.39 is 0 Å². The molecule has 0 atom stereocenters. The minimum absolute atomic E-state index is 0.483. The third-order valence-electron chi connectivity index (χ3n) is 10.2. The van der Waals surface area contributed by atoms with Crippen LogP contribution >= 0.6 is 0 Å². The molecule has 0 aliphatic heterocycles. The summed E-state index contributed by atoms with van der Waals surface area (Å²) in [6.45, 7) is 0. The Morgan fingerprint density at radius 2 is 0.774 bits per heavy atom. The average molecular weight is 680 g/mol. The Morgan fingerprint density at radius 3 is 1.38 bits per heavy atom. The number of nitrogens with zero attached hydrogens (tertiary/aromatic N) is 7. The Kier molecular flexibility index (Phi) is 6.42. The molecule has 11 rings (SSSR count). The van der Waals surface area contributed by atoms with E-state index in [1.807, 2.05) is 36.4 Å². The minimum atomic E-state index is 0.483. The molecule has 0 fully saturated rings. The van der Waals surface area contributed by atoms with Crippen molar-refractivity contribution in [3.8, 4) is 40.4 Å². The zero-order valence-corrected chi connectivity index (χ0v) is 28.4. The van der Waals surface area contributed by atoms with Crippen LogP contribution in [0.4, 0.5) is 0 Å². The lowest BCUT2D eigenvalue weighted by Crippen LogP contribution is -2.12. The molecule has 0 aliphatic carbocycles. The first kappa shape index (κ1) is 29.4. The second kappa shape index (κ2) is 11.6. The second-order valence-corrected chi connectivity index (χ2v) is 13.1. The highest BCUT2D eigenvalue weighted by molar-refractivity contribution is 6.10. The van der Waals surface area contributed by atoms with Gasteiger partial charge in [-0.15, -0.1) is 0 Å². The molecule has 0 N–H and O–H groups in total. The molecule has 4 aromatic heterocycles. The van der Waals surface area contributed by atoms with Crippen molar-refractivity contribution in [2.75, 3.05) is 0 Å². The Balaban J connectivity index is 1.26. The number of hydrogen-bond donors (Lipinski definition) is 0. The lowest BCUT2D eigenvalue weighted by Gasteiger charge is -2.16. The summed E-state index contributed by atoms with van der Waals surface area (Å²) in [5.41, 5.74) is 8.87. The molecule has 53 heavy (non-hydrogen) atoms. The fourth-order valence-electron chi connectivity index (χ4n) is 7.86. The molecular weight excluding hydrogens is 651 g/mol. The Hall–Kier alpha value is -7.38. The van der Waals surface area contributed by atoms with E-state index in [4.69, 9.17) is 19.9 Å².